The van der Waals surface area contributed by atoms with Crippen molar-refractivity contribution >= 4 is 28.8 Å². The lowest BCUT2D eigenvalue weighted by Crippen LogP contribution is -2.39. The van der Waals surface area contributed by atoms with E-state index in [9.17, 15) is 9.59 Å². The lowest BCUT2D eigenvalue weighted by atomic mass is 9.94. The minimum absolute atomic E-state index is 0.0975. The van der Waals surface area contributed by atoms with Gasteiger partial charge in [-0.25, -0.2) is 19.7 Å². The number of urea groups is 1. The molecule has 4 atom stereocenters. The average molecular weight is 485 g/mol. The normalized spacial score (nSPS) is 30.4. The molecule has 2 aliphatic heterocycles. The van der Waals surface area contributed by atoms with Crippen LogP contribution in [-0.2, 0) is 19.0 Å². The number of imidazole rings is 1. The Labute approximate surface area is 203 Å². The van der Waals surface area contributed by atoms with E-state index in [2.05, 4.69) is 25.6 Å². The molecule has 4 aliphatic rings. The average Bonchev–Trinajstić information content (AvgIpc) is 3.52. The number of aromatic nitrogens is 4. The molecule has 2 saturated carbocycles. The van der Waals surface area contributed by atoms with Crippen molar-refractivity contribution in [3.05, 3.63) is 12.7 Å². The minimum atomic E-state index is -0.718. The highest BCUT2D eigenvalue weighted by molar-refractivity contribution is 5.96. The number of hydrogen-bond acceptors (Lipinski definition) is 8. The summed E-state index contributed by atoms with van der Waals surface area (Å²) in [7, 11) is 0. The van der Waals surface area contributed by atoms with Gasteiger partial charge in [0.2, 0.25) is 0 Å². The molecule has 6 rings (SSSR count). The number of amides is 2. The number of anilines is 1. The SMILES string of the molecule is CC(=O)[C@H]1O[C@@H](n2cnc3c(NC(=O)NC4CCCCC4)ncnc32)C2OC3(CCCCC3)O[C@H]21. The largest absolute Gasteiger partial charge is 0.341 e. The first-order valence-corrected chi connectivity index (χ1v) is 12.8. The first kappa shape index (κ1) is 22.8. The Bertz CT molecular complexity index is 1110. The third-order valence-corrected chi connectivity index (χ3v) is 7.71. The molecule has 4 fully saturated rings. The second kappa shape index (κ2) is 9.11. The zero-order valence-corrected chi connectivity index (χ0v) is 19.9. The molecule has 11 heteroatoms. The van der Waals surface area contributed by atoms with Crippen LogP contribution in [0.4, 0.5) is 10.6 Å². The van der Waals surface area contributed by atoms with Crippen molar-refractivity contribution in [1.82, 2.24) is 24.8 Å². The summed E-state index contributed by atoms with van der Waals surface area (Å²) in [6, 6.07) is -0.121. The quantitative estimate of drug-likeness (QED) is 0.677. The van der Waals surface area contributed by atoms with Gasteiger partial charge in [0.1, 0.15) is 24.6 Å². The highest BCUT2D eigenvalue weighted by atomic mass is 16.8. The maximum atomic E-state index is 12.6. The van der Waals surface area contributed by atoms with Crippen molar-refractivity contribution < 1.29 is 23.8 Å². The first-order valence-electron chi connectivity index (χ1n) is 12.8. The number of carbonyl (C=O) groups excluding carboxylic acids is 2. The van der Waals surface area contributed by atoms with E-state index in [0.29, 0.717) is 17.0 Å². The second-order valence-electron chi connectivity index (χ2n) is 10.2. The maximum absolute atomic E-state index is 12.6. The van der Waals surface area contributed by atoms with Crippen LogP contribution in [-0.4, -0.2) is 61.5 Å². The molecular weight excluding hydrogens is 452 g/mol. The number of ketones is 1. The van der Waals surface area contributed by atoms with Gasteiger partial charge in [0, 0.05) is 18.9 Å². The molecule has 2 N–H and O–H groups in total. The predicted molar refractivity (Wildman–Crippen MR) is 125 cm³/mol. The molecule has 11 nitrogen and oxygen atoms in total. The monoisotopic (exact) mass is 484 g/mol. The summed E-state index contributed by atoms with van der Waals surface area (Å²) in [5.74, 6) is -0.426. The molecule has 4 heterocycles. The molecular formula is C24H32N6O5. The lowest BCUT2D eigenvalue weighted by Gasteiger charge is -2.34. The van der Waals surface area contributed by atoms with Gasteiger partial charge in [-0.3, -0.25) is 14.7 Å². The summed E-state index contributed by atoms with van der Waals surface area (Å²) in [5.41, 5.74) is 0.943. The van der Waals surface area contributed by atoms with Crippen molar-refractivity contribution in [3.63, 3.8) is 0 Å². The molecule has 35 heavy (non-hydrogen) atoms. The fourth-order valence-corrected chi connectivity index (χ4v) is 6.00. The van der Waals surface area contributed by atoms with Crippen molar-refractivity contribution in [3.8, 4) is 0 Å². The van der Waals surface area contributed by atoms with Gasteiger partial charge in [-0.05, 0) is 32.6 Å². The zero-order chi connectivity index (χ0) is 24.0. The standard InChI is InChI=1S/C24H32N6O5/c1-14(31)17-18-19(35-24(34-18)10-6-3-7-11-24)22(33-17)30-13-27-16-20(25-12-26-21(16)30)29-23(32)28-15-8-4-2-5-9-15/h12-13,15,17-19,22H,2-11H2,1H3,(H2,25,26,28,29,32)/t17-,18+,19?,22-/m1/s1. The number of nitrogens with one attached hydrogen (secondary N) is 2. The van der Waals surface area contributed by atoms with Gasteiger partial charge in [0.15, 0.2) is 34.8 Å². The molecule has 1 spiro atoms. The van der Waals surface area contributed by atoms with E-state index in [-0.39, 0.29) is 17.9 Å². The topological polar surface area (TPSA) is 129 Å². The Balaban J connectivity index is 1.25. The zero-order valence-electron chi connectivity index (χ0n) is 19.9. The second-order valence-corrected chi connectivity index (χ2v) is 10.2. The summed E-state index contributed by atoms with van der Waals surface area (Å²) in [4.78, 5) is 38.2. The van der Waals surface area contributed by atoms with E-state index in [1.807, 2.05) is 0 Å². The highest BCUT2D eigenvalue weighted by Gasteiger charge is 2.60. The van der Waals surface area contributed by atoms with Gasteiger partial charge in [-0.15, -0.1) is 0 Å². The van der Waals surface area contributed by atoms with E-state index in [0.717, 1.165) is 57.8 Å². The van der Waals surface area contributed by atoms with E-state index in [1.165, 1.54) is 19.7 Å². The van der Waals surface area contributed by atoms with Crippen molar-refractivity contribution in [2.75, 3.05) is 5.32 Å². The third-order valence-electron chi connectivity index (χ3n) is 7.71. The van der Waals surface area contributed by atoms with Crippen LogP contribution in [0, 0.1) is 0 Å². The van der Waals surface area contributed by atoms with Crippen LogP contribution in [0.15, 0.2) is 12.7 Å². The van der Waals surface area contributed by atoms with Crippen LogP contribution in [0.5, 0.6) is 0 Å². The van der Waals surface area contributed by atoms with E-state index < -0.39 is 30.3 Å². The van der Waals surface area contributed by atoms with Gasteiger partial charge in [-0.1, -0.05) is 25.7 Å². The molecule has 188 valence electrons. The maximum Gasteiger partial charge on any atom is 0.320 e. The Morgan fingerprint density at radius 2 is 1.74 bits per heavy atom. The third kappa shape index (κ3) is 4.19. The fraction of sp³-hybridized carbons (Fsp3) is 0.708. The molecule has 2 aromatic rings. The number of Topliss-reactive ketones (excluding diaryl/α,β-unsaturated/α-hetero) is 1. The Morgan fingerprint density at radius 1 is 1.00 bits per heavy atom. The molecule has 1 unspecified atom stereocenters. The summed E-state index contributed by atoms with van der Waals surface area (Å²) in [6.45, 7) is 1.51. The fourth-order valence-electron chi connectivity index (χ4n) is 6.00. The molecule has 0 radical (unpaired) electrons. The highest BCUT2D eigenvalue weighted by Crippen LogP contribution is 2.49. The van der Waals surface area contributed by atoms with Crippen LogP contribution in [0.25, 0.3) is 11.2 Å². The van der Waals surface area contributed by atoms with E-state index >= 15 is 0 Å². The van der Waals surface area contributed by atoms with Crippen LogP contribution in [0.2, 0.25) is 0 Å². The molecule has 2 aliphatic carbocycles. The Morgan fingerprint density at radius 3 is 2.51 bits per heavy atom. The Hall–Kier alpha value is -2.63. The van der Waals surface area contributed by atoms with Crippen molar-refractivity contribution in [2.24, 2.45) is 0 Å². The molecule has 0 aromatic carbocycles. The van der Waals surface area contributed by atoms with Gasteiger partial charge in [0.05, 0.1) is 6.33 Å². The first-order chi connectivity index (χ1) is 17.0. The molecule has 2 aromatic heterocycles. The van der Waals surface area contributed by atoms with Crippen LogP contribution >= 0.6 is 0 Å². The number of hydrogen-bond donors (Lipinski definition) is 2. The van der Waals surface area contributed by atoms with Crippen LogP contribution < -0.4 is 10.6 Å². The van der Waals surface area contributed by atoms with E-state index in [1.54, 1.807) is 10.9 Å². The minimum Gasteiger partial charge on any atom is -0.341 e. The van der Waals surface area contributed by atoms with Gasteiger partial charge >= 0.3 is 6.03 Å². The van der Waals surface area contributed by atoms with Gasteiger partial charge in [-0.2, -0.15) is 0 Å². The summed E-state index contributed by atoms with van der Waals surface area (Å²) in [5, 5.41) is 5.86. The molecule has 2 amide bonds. The number of nitrogens with zero attached hydrogens (tertiary/aromatic N) is 4. The summed E-state index contributed by atoms with van der Waals surface area (Å²) < 4.78 is 20.8. The number of rotatable bonds is 4. The van der Waals surface area contributed by atoms with Gasteiger partial charge < -0.3 is 19.5 Å². The summed E-state index contributed by atoms with van der Waals surface area (Å²) in [6.07, 6.45) is 11.0. The Kier molecular flexibility index (Phi) is 5.93. The van der Waals surface area contributed by atoms with Crippen molar-refractivity contribution in [2.45, 2.75) is 108 Å². The number of ether oxygens (including phenoxy) is 3. The van der Waals surface area contributed by atoms with Crippen molar-refractivity contribution in [1.29, 1.82) is 0 Å². The van der Waals surface area contributed by atoms with Crippen LogP contribution in [0.1, 0.15) is 77.4 Å². The van der Waals surface area contributed by atoms with E-state index in [4.69, 9.17) is 14.2 Å². The number of fused-ring (bicyclic) bond motifs is 2. The number of carbonyl (C=O) groups is 2. The summed E-state index contributed by atoms with van der Waals surface area (Å²) >= 11 is 0. The van der Waals surface area contributed by atoms with Gasteiger partial charge in [0.25, 0.3) is 0 Å². The molecule has 2 saturated heterocycles. The van der Waals surface area contributed by atoms with Crippen LogP contribution in [0.3, 0.4) is 0 Å². The lowest BCUT2D eigenvalue weighted by molar-refractivity contribution is -0.229. The molecule has 0 bridgehead atoms. The predicted octanol–water partition coefficient (Wildman–Crippen LogP) is 3.21. The smallest absolute Gasteiger partial charge is 0.320 e.